The summed E-state index contributed by atoms with van der Waals surface area (Å²) in [5.74, 6) is -0.0607. The van der Waals surface area contributed by atoms with E-state index in [1.807, 2.05) is 13.0 Å². The minimum absolute atomic E-state index is 0.232. The van der Waals surface area contributed by atoms with E-state index in [0.29, 0.717) is 43.4 Å². The molecular weight excluding hydrogens is 614 g/mol. The summed E-state index contributed by atoms with van der Waals surface area (Å²) >= 11 is 10.3. The number of hydrogen-bond acceptors (Lipinski definition) is 6. The third kappa shape index (κ3) is 4.89. The van der Waals surface area contributed by atoms with Gasteiger partial charge in [0.05, 0.1) is 28.7 Å². The van der Waals surface area contributed by atoms with Crippen LogP contribution in [0.1, 0.15) is 25.2 Å². The van der Waals surface area contributed by atoms with E-state index in [4.69, 9.17) is 14.6 Å². The van der Waals surface area contributed by atoms with Crippen molar-refractivity contribution in [3.05, 3.63) is 59.4 Å². The highest BCUT2D eigenvalue weighted by Gasteiger charge is 2.21. The van der Waals surface area contributed by atoms with Crippen molar-refractivity contribution >= 4 is 70.9 Å². The van der Waals surface area contributed by atoms with Crippen LogP contribution in [0.25, 0.3) is 10.9 Å². The van der Waals surface area contributed by atoms with Crippen molar-refractivity contribution in [3.63, 3.8) is 0 Å². The van der Waals surface area contributed by atoms with Gasteiger partial charge in [-0.1, -0.05) is 22.9 Å². The van der Waals surface area contributed by atoms with Gasteiger partial charge in [-0.15, -0.1) is 0 Å². The number of aromatic nitrogens is 2. The van der Waals surface area contributed by atoms with Crippen molar-refractivity contribution in [2.24, 2.45) is 5.10 Å². The molecule has 0 saturated heterocycles. The normalized spacial score (nSPS) is 12.3. The van der Waals surface area contributed by atoms with Gasteiger partial charge in [-0.3, -0.25) is 4.79 Å². The smallest absolute Gasteiger partial charge is 0.344 e. The molecule has 0 radical (unpaired) electrons. The van der Waals surface area contributed by atoms with E-state index in [9.17, 15) is 9.59 Å². The quantitative estimate of drug-likeness (QED) is 0.369. The fraction of sp³-hybridized carbons (Fsp3) is 0.238. The molecule has 1 atom stereocenters. The molecule has 0 unspecified atom stereocenters. The summed E-state index contributed by atoms with van der Waals surface area (Å²) in [6.07, 6.45) is 0.917. The van der Waals surface area contributed by atoms with Crippen LogP contribution >= 0.6 is 47.8 Å². The Morgan fingerprint density at radius 1 is 1.28 bits per heavy atom. The van der Waals surface area contributed by atoms with Crippen molar-refractivity contribution in [1.29, 1.82) is 0 Å². The van der Waals surface area contributed by atoms with E-state index in [2.05, 4.69) is 57.9 Å². The molecule has 168 valence electrons. The summed E-state index contributed by atoms with van der Waals surface area (Å²) in [6, 6.07) is 6.95. The van der Waals surface area contributed by atoms with Crippen molar-refractivity contribution < 1.29 is 19.4 Å². The van der Waals surface area contributed by atoms with Gasteiger partial charge in [0.1, 0.15) is 5.82 Å². The van der Waals surface area contributed by atoms with Crippen LogP contribution in [0.2, 0.25) is 0 Å². The molecule has 32 heavy (non-hydrogen) atoms. The lowest BCUT2D eigenvalue weighted by Crippen LogP contribution is -2.23. The number of rotatable bonds is 7. The van der Waals surface area contributed by atoms with Crippen LogP contribution in [0.5, 0.6) is 11.5 Å². The van der Waals surface area contributed by atoms with Crippen molar-refractivity contribution in [2.75, 3.05) is 7.11 Å². The third-order valence-corrected chi connectivity index (χ3v) is 7.16. The largest absolute Gasteiger partial charge is 0.493 e. The molecule has 0 fully saturated rings. The third-order valence-electron chi connectivity index (χ3n) is 4.52. The van der Waals surface area contributed by atoms with Gasteiger partial charge in [0.25, 0.3) is 5.56 Å². The average molecular weight is 632 g/mol. The predicted octanol–water partition coefficient (Wildman–Crippen LogP) is 4.99. The molecule has 3 aromatic rings. The van der Waals surface area contributed by atoms with E-state index in [0.717, 1.165) is 4.47 Å². The van der Waals surface area contributed by atoms with Gasteiger partial charge >= 0.3 is 5.97 Å². The van der Waals surface area contributed by atoms with Gasteiger partial charge in [-0.05, 0) is 63.0 Å². The van der Waals surface area contributed by atoms with Gasteiger partial charge in [-0.25, -0.2) is 9.78 Å². The molecule has 0 aliphatic heterocycles. The lowest BCUT2D eigenvalue weighted by Gasteiger charge is -2.17. The summed E-state index contributed by atoms with van der Waals surface area (Å²) in [6.45, 7) is 3.31. The number of carboxylic acids is 1. The number of fused-ring (bicyclic) bond motifs is 1. The first-order valence-electron chi connectivity index (χ1n) is 9.38. The second kappa shape index (κ2) is 10.1. The Balaban J connectivity index is 2.11. The fourth-order valence-electron chi connectivity index (χ4n) is 2.85. The first kappa shape index (κ1) is 24.4. The van der Waals surface area contributed by atoms with Crippen molar-refractivity contribution in [1.82, 2.24) is 9.66 Å². The summed E-state index contributed by atoms with van der Waals surface area (Å²) in [5.41, 5.74) is 0.885. The lowest BCUT2D eigenvalue weighted by molar-refractivity contribution is -0.144. The monoisotopic (exact) mass is 629 g/mol. The van der Waals surface area contributed by atoms with E-state index in [1.54, 1.807) is 18.2 Å². The van der Waals surface area contributed by atoms with Crippen LogP contribution in [0, 0.1) is 0 Å². The molecule has 1 aromatic heterocycles. The molecule has 1 N–H and O–H groups in total. The maximum atomic E-state index is 13.1. The topological polar surface area (TPSA) is 103 Å². The zero-order valence-corrected chi connectivity index (χ0v) is 22.0. The number of hydrogen-bond donors (Lipinski definition) is 1. The van der Waals surface area contributed by atoms with Crippen LogP contribution in [-0.2, 0) is 11.2 Å². The highest BCUT2D eigenvalue weighted by atomic mass is 79.9. The number of carboxylic acid groups (broad SMARTS) is 1. The number of aliphatic carboxylic acids is 1. The molecule has 0 aliphatic rings. The summed E-state index contributed by atoms with van der Waals surface area (Å²) in [4.78, 5) is 28.8. The molecule has 3 rings (SSSR count). The predicted molar refractivity (Wildman–Crippen MR) is 132 cm³/mol. The Morgan fingerprint density at radius 2 is 2.00 bits per heavy atom. The van der Waals surface area contributed by atoms with Crippen LogP contribution in [0.15, 0.2) is 47.6 Å². The Labute approximate surface area is 208 Å². The number of ether oxygens (including phenoxy) is 2. The maximum Gasteiger partial charge on any atom is 0.344 e. The molecule has 11 heteroatoms. The second-order valence-electron chi connectivity index (χ2n) is 6.63. The maximum absolute atomic E-state index is 13.1. The van der Waals surface area contributed by atoms with Crippen LogP contribution in [0.4, 0.5) is 0 Å². The standard InChI is InChI=1S/C21H18Br3N3O5/c1-4-16-26-14-6-5-12(22)8-13(14)20(28)27(16)25-9-11-7-15(31-3)19(18(24)17(11)23)32-10(2)21(29)30/h5-10H,4H2,1-3H3,(H,29,30)/t10-/m1/s1. The van der Waals surface area contributed by atoms with Gasteiger partial charge in [0.2, 0.25) is 0 Å². The number of carbonyl (C=O) groups is 1. The Bertz CT molecular complexity index is 1290. The molecule has 2 aromatic carbocycles. The number of halogens is 3. The molecule has 1 heterocycles. The van der Waals surface area contributed by atoms with Gasteiger partial charge in [0.15, 0.2) is 17.6 Å². The average Bonchev–Trinajstić information content (AvgIpc) is 2.77. The molecule has 0 bridgehead atoms. The molecule has 0 amide bonds. The summed E-state index contributed by atoms with van der Waals surface area (Å²) in [7, 11) is 1.44. The van der Waals surface area contributed by atoms with Gasteiger partial charge < -0.3 is 14.6 Å². The zero-order valence-electron chi connectivity index (χ0n) is 17.2. The van der Waals surface area contributed by atoms with Crippen LogP contribution < -0.4 is 15.0 Å². The Kier molecular flexibility index (Phi) is 7.73. The van der Waals surface area contributed by atoms with E-state index in [-0.39, 0.29) is 11.3 Å². The summed E-state index contributed by atoms with van der Waals surface area (Å²) < 4.78 is 13.9. The van der Waals surface area contributed by atoms with E-state index >= 15 is 0 Å². The van der Waals surface area contributed by atoms with Gasteiger partial charge in [0, 0.05) is 20.9 Å². The molecular formula is C21H18Br3N3O5. The minimum Gasteiger partial charge on any atom is -0.493 e. The number of methoxy groups -OCH3 is 1. The number of nitrogens with zero attached hydrogens (tertiary/aromatic N) is 3. The fourth-order valence-corrected chi connectivity index (χ4v) is 4.13. The molecule has 0 spiro atoms. The summed E-state index contributed by atoms with van der Waals surface area (Å²) in [5, 5.41) is 14.0. The minimum atomic E-state index is -1.11. The van der Waals surface area contributed by atoms with E-state index in [1.165, 1.54) is 24.9 Å². The Hall–Kier alpha value is -2.24. The molecule has 8 nitrogen and oxygen atoms in total. The first-order chi connectivity index (χ1) is 15.2. The Morgan fingerprint density at radius 3 is 2.62 bits per heavy atom. The SMILES string of the molecule is CCc1nc2ccc(Br)cc2c(=O)n1N=Cc1cc(OC)c(O[C@H](C)C(=O)O)c(Br)c1Br. The number of benzene rings is 2. The molecule has 0 aliphatic carbocycles. The van der Waals surface area contributed by atoms with Crippen molar-refractivity contribution in [3.8, 4) is 11.5 Å². The first-order valence-corrected chi connectivity index (χ1v) is 11.8. The van der Waals surface area contributed by atoms with Crippen molar-refractivity contribution in [2.45, 2.75) is 26.4 Å². The molecule has 0 saturated carbocycles. The number of aryl methyl sites for hydroxylation is 1. The van der Waals surface area contributed by atoms with E-state index < -0.39 is 12.1 Å². The second-order valence-corrected chi connectivity index (χ2v) is 9.13. The zero-order chi connectivity index (χ0) is 23.6. The highest BCUT2D eigenvalue weighted by Crippen LogP contribution is 2.42. The van der Waals surface area contributed by atoms with Crippen LogP contribution in [-0.4, -0.2) is 40.2 Å². The lowest BCUT2D eigenvalue weighted by atomic mass is 10.2. The van der Waals surface area contributed by atoms with Gasteiger partial charge in [-0.2, -0.15) is 9.78 Å². The van der Waals surface area contributed by atoms with Crippen LogP contribution in [0.3, 0.4) is 0 Å². The highest BCUT2D eigenvalue weighted by molar-refractivity contribution is 9.13.